The van der Waals surface area contributed by atoms with E-state index in [-0.39, 0.29) is 29.1 Å². The number of hydrogen-bond donors (Lipinski definition) is 2. The quantitative estimate of drug-likeness (QED) is 0.740. The van der Waals surface area contributed by atoms with E-state index < -0.39 is 6.04 Å². The molecule has 1 amide bonds. The van der Waals surface area contributed by atoms with Crippen molar-refractivity contribution in [3.63, 3.8) is 0 Å². The van der Waals surface area contributed by atoms with Crippen molar-refractivity contribution < 1.29 is 9.59 Å². The molecule has 4 nitrogen and oxygen atoms in total. The number of hydrogen-bond acceptors (Lipinski definition) is 3. The van der Waals surface area contributed by atoms with Crippen molar-refractivity contribution in [1.82, 2.24) is 5.32 Å². The molecule has 0 spiro atoms. The molecule has 0 aromatic carbocycles. The van der Waals surface area contributed by atoms with Gasteiger partial charge in [-0.3, -0.25) is 9.59 Å². The molecule has 0 aromatic heterocycles. The molecule has 19 heavy (non-hydrogen) atoms. The van der Waals surface area contributed by atoms with Crippen LogP contribution in [-0.2, 0) is 9.59 Å². The average molecular weight is 268 g/mol. The van der Waals surface area contributed by atoms with Crippen LogP contribution in [0.15, 0.2) is 0 Å². The van der Waals surface area contributed by atoms with E-state index in [1.165, 1.54) is 0 Å². The van der Waals surface area contributed by atoms with E-state index in [1.54, 1.807) is 0 Å². The molecular formula is C15H28N2O2. The van der Waals surface area contributed by atoms with Crippen LogP contribution in [0.25, 0.3) is 0 Å². The van der Waals surface area contributed by atoms with E-state index in [0.29, 0.717) is 12.3 Å². The molecule has 1 saturated carbocycles. The van der Waals surface area contributed by atoms with Crippen LogP contribution in [0.5, 0.6) is 0 Å². The second-order valence-electron chi connectivity index (χ2n) is 6.89. The zero-order valence-corrected chi connectivity index (χ0v) is 12.8. The molecule has 1 fully saturated rings. The maximum atomic E-state index is 12.4. The number of carbonyl (C=O) groups excluding carboxylic acids is 2. The Morgan fingerprint density at radius 2 is 1.74 bits per heavy atom. The molecule has 0 aliphatic heterocycles. The Kier molecular flexibility index (Phi) is 5.13. The van der Waals surface area contributed by atoms with E-state index in [2.05, 4.69) is 19.2 Å². The van der Waals surface area contributed by atoms with Gasteiger partial charge in [-0.1, -0.05) is 34.6 Å². The molecular weight excluding hydrogens is 240 g/mol. The van der Waals surface area contributed by atoms with E-state index in [1.807, 2.05) is 20.8 Å². The van der Waals surface area contributed by atoms with E-state index in [9.17, 15) is 9.59 Å². The van der Waals surface area contributed by atoms with Crippen LogP contribution in [0.3, 0.4) is 0 Å². The van der Waals surface area contributed by atoms with Gasteiger partial charge in [0, 0.05) is 5.41 Å². The predicted octanol–water partition coefficient (Wildman–Crippen LogP) is 1.87. The minimum Gasteiger partial charge on any atom is -0.345 e. The summed E-state index contributed by atoms with van der Waals surface area (Å²) < 4.78 is 0. The van der Waals surface area contributed by atoms with Gasteiger partial charge < -0.3 is 11.1 Å². The lowest BCUT2D eigenvalue weighted by atomic mass is 9.90. The standard InChI is InChI=1S/C15H28N2O2/c1-9(2)8-11(13(18)15(5)6-7-15)17-14(19)12(16)10(3)4/h9-12H,6-8,16H2,1-5H3,(H,17,19)/t11-,12-/m0/s1. The second-order valence-corrected chi connectivity index (χ2v) is 6.89. The Morgan fingerprint density at radius 3 is 2.11 bits per heavy atom. The number of ketones is 1. The first-order chi connectivity index (χ1) is 8.67. The van der Waals surface area contributed by atoms with E-state index in [4.69, 9.17) is 5.73 Å². The molecule has 1 aliphatic carbocycles. The SMILES string of the molecule is CC(C)C[C@H](NC(=O)[C@@H](N)C(C)C)C(=O)C1(C)CC1. The molecule has 0 aromatic rings. The van der Waals surface area contributed by atoms with Crippen molar-refractivity contribution >= 4 is 11.7 Å². The third-order valence-electron chi connectivity index (χ3n) is 3.96. The number of amides is 1. The molecule has 110 valence electrons. The van der Waals surface area contributed by atoms with Crippen molar-refractivity contribution in [2.24, 2.45) is 23.0 Å². The number of rotatable bonds is 7. The molecule has 0 unspecified atom stereocenters. The molecule has 2 atom stereocenters. The van der Waals surface area contributed by atoms with Crippen LogP contribution in [0, 0.1) is 17.3 Å². The Balaban J connectivity index is 2.69. The monoisotopic (exact) mass is 268 g/mol. The Bertz CT molecular complexity index is 346. The molecule has 1 rings (SSSR count). The highest BCUT2D eigenvalue weighted by molar-refractivity contribution is 5.95. The number of Topliss-reactive ketones (excluding diaryl/α,β-unsaturated/α-hetero) is 1. The van der Waals surface area contributed by atoms with Gasteiger partial charge in [0.1, 0.15) is 0 Å². The zero-order valence-electron chi connectivity index (χ0n) is 12.8. The normalized spacial score (nSPS) is 20.2. The average Bonchev–Trinajstić information content (AvgIpc) is 3.04. The first kappa shape index (κ1) is 16.2. The minimum atomic E-state index is -0.547. The van der Waals surface area contributed by atoms with Gasteiger partial charge in [-0.15, -0.1) is 0 Å². The summed E-state index contributed by atoms with van der Waals surface area (Å²) in [5.41, 5.74) is 5.63. The van der Waals surface area contributed by atoms with Crippen molar-refractivity contribution in [2.75, 3.05) is 0 Å². The largest absolute Gasteiger partial charge is 0.345 e. The van der Waals surface area contributed by atoms with Gasteiger partial charge in [0.05, 0.1) is 12.1 Å². The summed E-state index contributed by atoms with van der Waals surface area (Å²) in [4.78, 5) is 24.5. The summed E-state index contributed by atoms with van der Waals surface area (Å²) in [6.07, 6.45) is 2.56. The Labute approximate surface area is 116 Å². The zero-order chi connectivity index (χ0) is 14.8. The third-order valence-corrected chi connectivity index (χ3v) is 3.96. The molecule has 3 N–H and O–H groups in total. The van der Waals surface area contributed by atoms with Gasteiger partial charge >= 0.3 is 0 Å². The smallest absolute Gasteiger partial charge is 0.237 e. The third kappa shape index (κ3) is 4.30. The molecule has 0 radical (unpaired) electrons. The lowest BCUT2D eigenvalue weighted by molar-refractivity contribution is -0.131. The first-order valence-corrected chi connectivity index (χ1v) is 7.27. The van der Waals surface area contributed by atoms with Crippen LogP contribution in [-0.4, -0.2) is 23.8 Å². The van der Waals surface area contributed by atoms with Gasteiger partial charge in [-0.2, -0.15) is 0 Å². The second kappa shape index (κ2) is 6.04. The number of nitrogens with two attached hydrogens (primary N) is 1. The van der Waals surface area contributed by atoms with Gasteiger partial charge in [-0.25, -0.2) is 0 Å². The summed E-state index contributed by atoms with van der Waals surface area (Å²) in [6, 6.07) is -0.931. The van der Waals surface area contributed by atoms with Gasteiger partial charge in [0.15, 0.2) is 5.78 Å². The fourth-order valence-corrected chi connectivity index (χ4v) is 2.13. The predicted molar refractivity (Wildman–Crippen MR) is 76.5 cm³/mol. The summed E-state index contributed by atoms with van der Waals surface area (Å²) in [6.45, 7) is 9.92. The van der Waals surface area contributed by atoms with Crippen molar-refractivity contribution in [2.45, 2.75) is 66.0 Å². The minimum absolute atomic E-state index is 0.0753. The number of nitrogens with one attached hydrogen (secondary N) is 1. The number of carbonyl (C=O) groups is 2. The molecule has 4 heteroatoms. The van der Waals surface area contributed by atoms with E-state index >= 15 is 0 Å². The fraction of sp³-hybridized carbons (Fsp3) is 0.867. The highest BCUT2D eigenvalue weighted by Gasteiger charge is 2.47. The molecule has 1 aliphatic rings. The molecule has 0 heterocycles. The summed E-state index contributed by atoms with van der Waals surface area (Å²) >= 11 is 0. The highest BCUT2D eigenvalue weighted by Crippen LogP contribution is 2.47. The first-order valence-electron chi connectivity index (χ1n) is 7.27. The maximum Gasteiger partial charge on any atom is 0.237 e. The van der Waals surface area contributed by atoms with Gasteiger partial charge in [0.25, 0.3) is 0 Å². The van der Waals surface area contributed by atoms with Crippen LogP contribution in [0.4, 0.5) is 0 Å². The highest BCUT2D eigenvalue weighted by atomic mass is 16.2. The van der Waals surface area contributed by atoms with Crippen molar-refractivity contribution in [1.29, 1.82) is 0 Å². The summed E-state index contributed by atoms with van der Waals surface area (Å²) in [5, 5.41) is 2.86. The van der Waals surface area contributed by atoms with Crippen molar-refractivity contribution in [3.05, 3.63) is 0 Å². The fourth-order valence-electron chi connectivity index (χ4n) is 2.13. The lowest BCUT2D eigenvalue weighted by Gasteiger charge is -2.25. The van der Waals surface area contributed by atoms with Crippen LogP contribution in [0.2, 0.25) is 0 Å². The van der Waals surface area contributed by atoms with Crippen molar-refractivity contribution in [3.8, 4) is 0 Å². The topological polar surface area (TPSA) is 72.2 Å². The van der Waals surface area contributed by atoms with Crippen LogP contribution in [0.1, 0.15) is 53.9 Å². The van der Waals surface area contributed by atoms with Crippen LogP contribution >= 0.6 is 0 Å². The lowest BCUT2D eigenvalue weighted by Crippen LogP contribution is -2.51. The van der Waals surface area contributed by atoms with Crippen LogP contribution < -0.4 is 11.1 Å². The summed E-state index contributed by atoms with van der Waals surface area (Å²) in [7, 11) is 0. The van der Waals surface area contributed by atoms with Gasteiger partial charge in [-0.05, 0) is 31.1 Å². The van der Waals surface area contributed by atoms with Gasteiger partial charge in [0.2, 0.25) is 5.91 Å². The van der Waals surface area contributed by atoms with E-state index in [0.717, 1.165) is 12.8 Å². The maximum absolute atomic E-state index is 12.4. The Morgan fingerprint density at radius 1 is 1.21 bits per heavy atom. The Hall–Kier alpha value is -0.900. The summed E-state index contributed by atoms with van der Waals surface area (Å²) in [5.74, 6) is 0.405. The molecule has 0 saturated heterocycles. The molecule has 0 bridgehead atoms.